The molecule has 1 N–H and O–H groups in total. The predicted octanol–water partition coefficient (Wildman–Crippen LogP) is 4.59. The van der Waals surface area contributed by atoms with Crippen LogP contribution in [0.4, 0.5) is 0 Å². The van der Waals surface area contributed by atoms with Crippen LogP contribution in [0.3, 0.4) is 0 Å². The predicted molar refractivity (Wildman–Crippen MR) is 117 cm³/mol. The summed E-state index contributed by atoms with van der Waals surface area (Å²) in [4.78, 5) is 16.3. The zero-order chi connectivity index (χ0) is 20.5. The Morgan fingerprint density at radius 3 is 2.38 bits per heavy atom. The fraction of sp³-hybridized carbons (Fsp3) is 0.217. The molecule has 0 aliphatic heterocycles. The summed E-state index contributed by atoms with van der Waals surface area (Å²) in [6, 6.07) is 20.9. The molecular weight excluding hydrogens is 382 g/mol. The van der Waals surface area contributed by atoms with Crippen molar-refractivity contribution in [2.75, 3.05) is 7.05 Å². The molecule has 2 heterocycles. The van der Waals surface area contributed by atoms with Gasteiger partial charge < -0.3 is 10.0 Å². The lowest BCUT2D eigenvalue weighted by Gasteiger charge is -2.29. The van der Waals surface area contributed by atoms with Crippen molar-refractivity contribution < 1.29 is 9.90 Å². The molecule has 4 aromatic rings. The quantitative estimate of drug-likeness (QED) is 0.528. The number of aliphatic hydroxyl groups excluding tert-OH is 1. The van der Waals surface area contributed by atoms with E-state index in [0.717, 1.165) is 27.2 Å². The average molecular weight is 406 g/mol. The van der Waals surface area contributed by atoms with Gasteiger partial charge >= 0.3 is 0 Å². The Morgan fingerprint density at radius 2 is 1.72 bits per heavy atom. The van der Waals surface area contributed by atoms with Crippen LogP contribution >= 0.6 is 11.3 Å². The monoisotopic (exact) mass is 405 g/mol. The van der Waals surface area contributed by atoms with Gasteiger partial charge in [-0.05, 0) is 37.6 Å². The third-order valence-corrected chi connectivity index (χ3v) is 6.38. The van der Waals surface area contributed by atoms with Gasteiger partial charge in [-0.25, -0.2) is 4.68 Å². The van der Waals surface area contributed by atoms with E-state index < -0.39 is 6.10 Å². The number of aromatic nitrogens is 2. The van der Waals surface area contributed by atoms with Crippen molar-refractivity contribution >= 4 is 27.5 Å². The van der Waals surface area contributed by atoms with E-state index in [1.165, 1.54) is 11.3 Å². The second kappa shape index (κ2) is 7.81. The first-order chi connectivity index (χ1) is 14.0. The Hall–Kier alpha value is -2.96. The molecule has 0 unspecified atom stereocenters. The topological polar surface area (TPSA) is 58.4 Å². The lowest BCUT2D eigenvalue weighted by atomic mass is 10.0. The Morgan fingerprint density at radius 1 is 1.10 bits per heavy atom. The van der Waals surface area contributed by atoms with Crippen LogP contribution in [0.5, 0.6) is 0 Å². The molecule has 0 spiro atoms. The van der Waals surface area contributed by atoms with Crippen LogP contribution in [0.1, 0.15) is 34.0 Å². The molecule has 29 heavy (non-hydrogen) atoms. The maximum atomic E-state index is 13.1. The highest BCUT2D eigenvalue weighted by atomic mass is 32.1. The fourth-order valence-corrected chi connectivity index (χ4v) is 4.56. The van der Waals surface area contributed by atoms with Crippen LogP contribution in [0.2, 0.25) is 0 Å². The van der Waals surface area contributed by atoms with Gasteiger partial charge in [0.15, 0.2) is 0 Å². The molecule has 5 nitrogen and oxygen atoms in total. The first-order valence-corrected chi connectivity index (χ1v) is 10.3. The van der Waals surface area contributed by atoms with Gasteiger partial charge in [0.2, 0.25) is 0 Å². The smallest absolute Gasteiger partial charge is 0.264 e. The highest BCUT2D eigenvalue weighted by molar-refractivity contribution is 7.20. The van der Waals surface area contributed by atoms with Crippen LogP contribution in [0.25, 0.3) is 15.9 Å². The highest BCUT2D eigenvalue weighted by Gasteiger charge is 2.27. The molecule has 1 amide bonds. The molecule has 0 radical (unpaired) electrons. The molecule has 2 aromatic carbocycles. The summed E-state index contributed by atoms with van der Waals surface area (Å²) in [6.45, 7) is 3.81. The number of carbonyl (C=O) groups excluding carboxylic acids is 1. The summed E-state index contributed by atoms with van der Waals surface area (Å²) < 4.78 is 1.88. The Balaban J connectivity index is 1.63. The maximum absolute atomic E-state index is 13.1. The van der Waals surface area contributed by atoms with E-state index in [9.17, 15) is 9.90 Å². The van der Waals surface area contributed by atoms with Gasteiger partial charge in [-0.2, -0.15) is 5.10 Å². The Kier molecular flexibility index (Phi) is 5.22. The van der Waals surface area contributed by atoms with Crippen LogP contribution in [-0.4, -0.2) is 38.8 Å². The minimum Gasteiger partial charge on any atom is -0.386 e. The number of likely N-dealkylation sites (N-methyl/N-ethyl adjacent to an activating group) is 1. The molecule has 2 aromatic heterocycles. The van der Waals surface area contributed by atoms with E-state index in [0.29, 0.717) is 4.88 Å². The number of aryl methyl sites for hydroxylation is 1. The number of hydrogen-bond acceptors (Lipinski definition) is 4. The van der Waals surface area contributed by atoms with Crippen molar-refractivity contribution in [3.63, 3.8) is 0 Å². The first kappa shape index (κ1) is 19.4. The summed E-state index contributed by atoms with van der Waals surface area (Å²) in [6.07, 6.45) is -0.749. The standard InChI is InChI=1S/C23H23N3O2S/c1-15-19-14-20(29-23(19)26(24-15)18-12-8-5-9-13-18)22(28)25(3)16(2)21(27)17-10-6-4-7-11-17/h4-14,16,21,27H,1-3H3/t16-,21-/m0/s1. The van der Waals surface area contributed by atoms with Crippen LogP contribution < -0.4 is 0 Å². The normalized spacial score (nSPS) is 13.4. The van der Waals surface area contributed by atoms with E-state index in [1.807, 2.05) is 85.3 Å². The number of nitrogens with zero attached hydrogens (tertiary/aromatic N) is 3. The zero-order valence-electron chi connectivity index (χ0n) is 16.6. The highest BCUT2D eigenvalue weighted by Crippen LogP contribution is 2.32. The molecule has 0 saturated heterocycles. The number of para-hydroxylation sites is 1. The van der Waals surface area contributed by atoms with Crippen molar-refractivity contribution in [2.24, 2.45) is 0 Å². The van der Waals surface area contributed by atoms with Crippen LogP contribution in [-0.2, 0) is 0 Å². The van der Waals surface area contributed by atoms with E-state index in [1.54, 1.807) is 11.9 Å². The molecule has 0 aliphatic carbocycles. The van der Waals surface area contributed by atoms with Gasteiger partial charge in [-0.1, -0.05) is 48.5 Å². The second-order valence-electron chi connectivity index (χ2n) is 7.17. The number of aliphatic hydroxyl groups is 1. The SMILES string of the molecule is Cc1nn(-c2ccccc2)c2sc(C(=O)N(C)[C@@H](C)[C@H](O)c3ccccc3)cc12. The third-order valence-electron chi connectivity index (χ3n) is 5.29. The number of fused-ring (bicyclic) bond motifs is 1. The lowest BCUT2D eigenvalue weighted by molar-refractivity contribution is 0.0491. The molecule has 6 heteroatoms. The molecule has 0 aliphatic rings. The number of carbonyl (C=O) groups is 1. The van der Waals surface area contributed by atoms with E-state index in [-0.39, 0.29) is 11.9 Å². The Bertz CT molecular complexity index is 1140. The molecule has 0 saturated carbocycles. The molecule has 2 atom stereocenters. The molecule has 148 valence electrons. The van der Waals surface area contributed by atoms with Gasteiger partial charge in [0, 0.05) is 12.4 Å². The van der Waals surface area contributed by atoms with Crippen LogP contribution in [0.15, 0.2) is 66.7 Å². The zero-order valence-corrected chi connectivity index (χ0v) is 17.4. The van der Waals surface area contributed by atoms with Crippen molar-refractivity contribution in [3.05, 3.63) is 82.9 Å². The number of thiophene rings is 1. The molecular formula is C23H23N3O2S. The van der Waals surface area contributed by atoms with Gasteiger partial charge in [-0.3, -0.25) is 4.79 Å². The Labute approximate surface area is 173 Å². The van der Waals surface area contributed by atoms with Gasteiger partial charge in [-0.15, -0.1) is 11.3 Å². The van der Waals surface area contributed by atoms with Crippen molar-refractivity contribution in [3.8, 4) is 5.69 Å². The number of amides is 1. The van der Waals surface area contributed by atoms with Crippen molar-refractivity contribution in [1.82, 2.24) is 14.7 Å². The molecule has 0 bridgehead atoms. The number of benzene rings is 2. The van der Waals surface area contributed by atoms with Gasteiger partial charge in [0.1, 0.15) is 4.83 Å². The van der Waals surface area contributed by atoms with E-state index >= 15 is 0 Å². The average Bonchev–Trinajstić information content (AvgIpc) is 3.33. The van der Waals surface area contributed by atoms with Gasteiger partial charge in [0.25, 0.3) is 5.91 Å². The summed E-state index contributed by atoms with van der Waals surface area (Å²) in [5.41, 5.74) is 2.65. The second-order valence-corrected chi connectivity index (χ2v) is 8.21. The third kappa shape index (κ3) is 3.57. The van der Waals surface area contributed by atoms with E-state index in [4.69, 9.17) is 0 Å². The van der Waals surface area contributed by atoms with E-state index in [2.05, 4.69) is 5.10 Å². The summed E-state index contributed by atoms with van der Waals surface area (Å²) in [7, 11) is 1.74. The molecule has 4 rings (SSSR count). The van der Waals surface area contributed by atoms with Crippen molar-refractivity contribution in [1.29, 1.82) is 0 Å². The largest absolute Gasteiger partial charge is 0.386 e. The number of rotatable bonds is 5. The van der Waals surface area contributed by atoms with Crippen LogP contribution in [0, 0.1) is 6.92 Å². The fourth-order valence-electron chi connectivity index (χ4n) is 3.40. The first-order valence-electron chi connectivity index (χ1n) is 9.52. The summed E-state index contributed by atoms with van der Waals surface area (Å²) in [5.74, 6) is -0.104. The molecule has 0 fully saturated rings. The van der Waals surface area contributed by atoms with Crippen molar-refractivity contribution in [2.45, 2.75) is 26.0 Å². The lowest BCUT2D eigenvalue weighted by Crippen LogP contribution is -2.38. The summed E-state index contributed by atoms with van der Waals surface area (Å²) in [5, 5.41) is 16.3. The minimum atomic E-state index is -0.749. The summed E-state index contributed by atoms with van der Waals surface area (Å²) >= 11 is 1.43. The number of hydrogen-bond donors (Lipinski definition) is 1. The maximum Gasteiger partial charge on any atom is 0.264 e. The minimum absolute atomic E-state index is 0.104. The van der Waals surface area contributed by atoms with Gasteiger partial charge in [0.05, 0.1) is 28.4 Å².